The molecule has 1 saturated carbocycles. The van der Waals surface area contributed by atoms with E-state index in [1.807, 2.05) is 0 Å². The fraction of sp³-hybridized carbons (Fsp3) is 0.818. The molecule has 4 nitrogen and oxygen atoms in total. The zero-order valence-electron chi connectivity index (χ0n) is 10.1. The molecule has 0 aliphatic heterocycles. The summed E-state index contributed by atoms with van der Waals surface area (Å²) in [6.07, 6.45) is 3.93. The highest BCUT2D eigenvalue weighted by Crippen LogP contribution is 2.29. The largest absolute Gasteiger partial charge is 0.360 e. The number of rotatable bonds is 7. The van der Waals surface area contributed by atoms with Gasteiger partial charge in [-0.25, -0.2) is 0 Å². The lowest BCUT2D eigenvalue weighted by Gasteiger charge is -2.13. The first-order valence-electron chi connectivity index (χ1n) is 6.02. The zero-order valence-corrected chi connectivity index (χ0v) is 10.9. The number of nitrogens with one attached hydrogen (secondary N) is 1. The SMILES string of the molecule is CCCNc1nnc(CN(C)CC2CC2)s1. The molecule has 1 aromatic heterocycles. The molecule has 1 aliphatic rings. The monoisotopic (exact) mass is 240 g/mol. The quantitative estimate of drug-likeness (QED) is 0.793. The van der Waals surface area contributed by atoms with Crippen molar-refractivity contribution in [3.8, 4) is 0 Å². The molecule has 0 bridgehead atoms. The fourth-order valence-corrected chi connectivity index (χ4v) is 2.50. The highest BCUT2D eigenvalue weighted by Gasteiger charge is 2.23. The van der Waals surface area contributed by atoms with E-state index >= 15 is 0 Å². The smallest absolute Gasteiger partial charge is 0.205 e. The molecule has 2 rings (SSSR count). The van der Waals surface area contributed by atoms with Gasteiger partial charge in [-0.05, 0) is 32.2 Å². The molecule has 0 unspecified atom stereocenters. The van der Waals surface area contributed by atoms with Crippen LogP contribution in [0.15, 0.2) is 0 Å². The van der Waals surface area contributed by atoms with Crippen LogP contribution < -0.4 is 5.32 Å². The Labute approximate surface area is 101 Å². The minimum atomic E-state index is 0.933. The lowest BCUT2D eigenvalue weighted by Crippen LogP contribution is -2.20. The molecule has 0 amide bonds. The Hall–Kier alpha value is -0.680. The molecule has 1 N–H and O–H groups in total. The maximum atomic E-state index is 4.20. The molecule has 0 aromatic carbocycles. The Morgan fingerprint density at radius 2 is 2.25 bits per heavy atom. The van der Waals surface area contributed by atoms with Gasteiger partial charge in [-0.3, -0.25) is 4.90 Å². The number of hydrogen-bond acceptors (Lipinski definition) is 5. The maximum absolute atomic E-state index is 4.20. The predicted molar refractivity (Wildman–Crippen MR) is 67.7 cm³/mol. The minimum Gasteiger partial charge on any atom is -0.360 e. The lowest BCUT2D eigenvalue weighted by atomic mass is 10.4. The van der Waals surface area contributed by atoms with Crippen LogP contribution in [0.25, 0.3) is 0 Å². The third kappa shape index (κ3) is 3.72. The lowest BCUT2D eigenvalue weighted by molar-refractivity contribution is 0.312. The van der Waals surface area contributed by atoms with Crippen LogP contribution in [0.5, 0.6) is 0 Å². The maximum Gasteiger partial charge on any atom is 0.205 e. The van der Waals surface area contributed by atoms with Crippen LogP contribution in [0, 0.1) is 5.92 Å². The minimum absolute atomic E-state index is 0.933. The molecule has 1 fully saturated rings. The van der Waals surface area contributed by atoms with Crippen molar-refractivity contribution in [2.24, 2.45) is 5.92 Å². The Morgan fingerprint density at radius 3 is 2.94 bits per heavy atom. The summed E-state index contributed by atoms with van der Waals surface area (Å²) in [5, 5.41) is 13.7. The van der Waals surface area contributed by atoms with Crippen molar-refractivity contribution in [1.29, 1.82) is 0 Å². The summed E-state index contributed by atoms with van der Waals surface area (Å²) in [7, 11) is 2.17. The predicted octanol–water partition coefficient (Wildman–Crippen LogP) is 2.20. The highest BCUT2D eigenvalue weighted by atomic mass is 32.1. The van der Waals surface area contributed by atoms with E-state index in [0.29, 0.717) is 0 Å². The molecule has 0 atom stereocenters. The number of aromatic nitrogens is 2. The third-order valence-electron chi connectivity index (χ3n) is 2.67. The van der Waals surface area contributed by atoms with Gasteiger partial charge in [-0.15, -0.1) is 10.2 Å². The third-order valence-corrected chi connectivity index (χ3v) is 3.53. The van der Waals surface area contributed by atoms with Crippen LogP contribution in [0.4, 0.5) is 5.13 Å². The van der Waals surface area contributed by atoms with Gasteiger partial charge in [0.1, 0.15) is 5.01 Å². The van der Waals surface area contributed by atoms with E-state index in [0.717, 1.165) is 35.6 Å². The molecule has 90 valence electrons. The van der Waals surface area contributed by atoms with E-state index in [1.54, 1.807) is 11.3 Å². The Bertz CT molecular complexity index is 322. The zero-order chi connectivity index (χ0) is 11.4. The van der Waals surface area contributed by atoms with E-state index in [-0.39, 0.29) is 0 Å². The van der Waals surface area contributed by atoms with E-state index < -0.39 is 0 Å². The van der Waals surface area contributed by atoms with Gasteiger partial charge >= 0.3 is 0 Å². The van der Waals surface area contributed by atoms with Gasteiger partial charge < -0.3 is 5.32 Å². The molecule has 1 aliphatic carbocycles. The Kier molecular flexibility index (Phi) is 4.12. The second-order valence-corrected chi connectivity index (χ2v) is 5.63. The van der Waals surface area contributed by atoms with E-state index in [9.17, 15) is 0 Å². The number of anilines is 1. The summed E-state index contributed by atoms with van der Waals surface area (Å²) in [4.78, 5) is 2.35. The van der Waals surface area contributed by atoms with Crippen LogP contribution >= 0.6 is 11.3 Å². The van der Waals surface area contributed by atoms with Gasteiger partial charge in [-0.1, -0.05) is 18.3 Å². The Balaban J connectivity index is 1.76. The van der Waals surface area contributed by atoms with Crippen molar-refractivity contribution in [2.45, 2.75) is 32.7 Å². The van der Waals surface area contributed by atoms with Crippen LogP contribution in [0.1, 0.15) is 31.2 Å². The highest BCUT2D eigenvalue weighted by molar-refractivity contribution is 7.15. The van der Waals surface area contributed by atoms with Gasteiger partial charge in [0.25, 0.3) is 0 Å². The second-order valence-electron chi connectivity index (χ2n) is 4.57. The van der Waals surface area contributed by atoms with Crippen LogP contribution in [-0.4, -0.2) is 35.2 Å². The first kappa shape index (κ1) is 11.8. The molecule has 5 heteroatoms. The van der Waals surface area contributed by atoms with Crippen molar-refractivity contribution in [3.63, 3.8) is 0 Å². The second kappa shape index (κ2) is 5.59. The standard InChI is InChI=1S/C11H20N4S/c1-3-6-12-11-14-13-10(16-11)8-15(2)7-9-4-5-9/h9H,3-8H2,1-2H3,(H,12,14). The molecule has 16 heavy (non-hydrogen) atoms. The molecular weight excluding hydrogens is 220 g/mol. The van der Waals surface area contributed by atoms with Crippen LogP contribution in [0.3, 0.4) is 0 Å². The average molecular weight is 240 g/mol. The fourth-order valence-electron chi connectivity index (χ4n) is 1.66. The van der Waals surface area contributed by atoms with Crippen molar-refractivity contribution >= 4 is 16.5 Å². The molecular formula is C11H20N4S. The van der Waals surface area contributed by atoms with Crippen LogP contribution in [-0.2, 0) is 6.54 Å². The Morgan fingerprint density at radius 1 is 1.44 bits per heavy atom. The summed E-state index contributed by atoms with van der Waals surface area (Å²) >= 11 is 1.67. The van der Waals surface area contributed by atoms with Gasteiger partial charge in [0.2, 0.25) is 5.13 Å². The normalized spacial score (nSPS) is 15.7. The molecule has 0 saturated heterocycles. The summed E-state index contributed by atoms with van der Waals surface area (Å²) < 4.78 is 0. The molecule has 0 spiro atoms. The van der Waals surface area contributed by atoms with E-state index in [1.165, 1.54) is 19.4 Å². The van der Waals surface area contributed by atoms with Gasteiger partial charge in [0.15, 0.2) is 0 Å². The average Bonchev–Trinajstić information content (AvgIpc) is 2.94. The van der Waals surface area contributed by atoms with E-state index in [4.69, 9.17) is 0 Å². The first-order valence-corrected chi connectivity index (χ1v) is 6.84. The summed E-state index contributed by atoms with van der Waals surface area (Å²) in [5.41, 5.74) is 0. The summed E-state index contributed by atoms with van der Waals surface area (Å²) in [6.45, 7) is 5.27. The van der Waals surface area contributed by atoms with Gasteiger partial charge in [0, 0.05) is 13.1 Å². The topological polar surface area (TPSA) is 41.1 Å². The van der Waals surface area contributed by atoms with Gasteiger partial charge in [0.05, 0.1) is 6.54 Å². The van der Waals surface area contributed by atoms with Gasteiger partial charge in [-0.2, -0.15) is 0 Å². The number of nitrogens with zero attached hydrogens (tertiary/aromatic N) is 3. The number of hydrogen-bond donors (Lipinski definition) is 1. The van der Waals surface area contributed by atoms with Crippen molar-refractivity contribution in [3.05, 3.63) is 5.01 Å². The molecule has 0 radical (unpaired) electrons. The summed E-state index contributed by atoms with van der Waals surface area (Å²) in [6, 6.07) is 0. The van der Waals surface area contributed by atoms with Crippen LogP contribution in [0.2, 0.25) is 0 Å². The van der Waals surface area contributed by atoms with Crippen molar-refractivity contribution < 1.29 is 0 Å². The van der Waals surface area contributed by atoms with Crippen molar-refractivity contribution in [1.82, 2.24) is 15.1 Å². The van der Waals surface area contributed by atoms with E-state index in [2.05, 4.69) is 34.4 Å². The first-order chi connectivity index (χ1) is 7.78. The summed E-state index contributed by atoms with van der Waals surface area (Å²) in [5.74, 6) is 0.940. The van der Waals surface area contributed by atoms with Crippen molar-refractivity contribution in [2.75, 3.05) is 25.5 Å². The molecule has 1 aromatic rings. The molecule has 1 heterocycles.